The van der Waals surface area contributed by atoms with Crippen molar-refractivity contribution in [3.63, 3.8) is 0 Å². The van der Waals surface area contributed by atoms with Crippen molar-refractivity contribution in [3.8, 4) is 11.5 Å². The van der Waals surface area contributed by atoms with Crippen LogP contribution in [0.2, 0.25) is 0 Å². The number of hydrogen-bond acceptors (Lipinski definition) is 4. The molecule has 0 radical (unpaired) electrons. The Balaban J connectivity index is 1.67. The second-order valence-corrected chi connectivity index (χ2v) is 7.47. The molecule has 0 spiro atoms. The number of para-hydroxylation sites is 1. The highest BCUT2D eigenvalue weighted by molar-refractivity contribution is 5.91. The standard InChI is InChI=1S/C23H25NO6/c1-2-12-24(21(25)18-13-19(22(26)27)20(18)23(28)29)14-15-8-10-17(11-9-15)30-16-6-4-3-5-7-16/h3-11,18-20H,2,12-14H2,1H3,(H,26,27)(H,28,29)/t18?,19?,20-/m1/s1. The number of benzene rings is 2. The fourth-order valence-corrected chi connectivity index (χ4v) is 3.78. The molecule has 1 aliphatic carbocycles. The second-order valence-electron chi connectivity index (χ2n) is 7.47. The van der Waals surface area contributed by atoms with E-state index in [1.165, 1.54) is 0 Å². The van der Waals surface area contributed by atoms with E-state index in [0.717, 1.165) is 11.3 Å². The van der Waals surface area contributed by atoms with Gasteiger partial charge in [-0.1, -0.05) is 37.3 Å². The maximum Gasteiger partial charge on any atom is 0.308 e. The summed E-state index contributed by atoms with van der Waals surface area (Å²) in [5, 5.41) is 18.5. The predicted octanol–water partition coefficient (Wildman–Crippen LogP) is 3.64. The third kappa shape index (κ3) is 4.79. The van der Waals surface area contributed by atoms with Crippen molar-refractivity contribution in [3.05, 3.63) is 60.2 Å². The maximum absolute atomic E-state index is 13.0. The molecule has 0 saturated heterocycles. The number of hydrogen-bond donors (Lipinski definition) is 2. The van der Waals surface area contributed by atoms with Gasteiger partial charge < -0.3 is 19.8 Å². The Morgan fingerprint density at radius 3 is 2.13 bits per heavy atom. The van der Waals surface area contributed by atoms with Crippen LogP contribution in [0.4, 0.5) is 0 Å². The van der Waals surface area contributed by atoms with Gasteiger partial charge in [0.1, 0.15) is 11.5 Å². The molecule has 7 nitrogen and oxygen atoms in total. The molecule has 30 heavy (non-hydrogen) atoms. The quantitative estimate of drug-likeness (QED) is 0.653. The molecule has 3 atom stereocenters. The lowest BCUT2D eigenvalue weighted by Gasteiger charge is -2.40. The van der Waals surface area contributed by atoms with E-state index in [4.69, 9.17) is 9.84 Å². The molecule has 2 N–H and O–H groups in total. The molecule has 1 fully saturated rings. The zero-order valence-electron chi connectivity index (χ0n) is 16.7. The van der Waals surface area contributed by atoms with Gasteiger partial charge in [0.2, 0.25) is 5.91 Å². The van der Waals surface area contributed by atoms with E-state index in [0.29, 0.717) is 25.3 Å². The van der Waals surface area contributed by atoms with Gasteiger partial charge in [0, 0.05) is 13.1 Å². The fraction of sp³-hybridized carbons (Fsp3) is 0.348. The third-order valence-electron chi connectivity index (χ3n) is 5.38. The number of carbonyl (C=O) groups excluding carboxylic acids is 1. The van der Waals surface area contributed by atoms with Crippen molar-refractivity contribution >= 4 is 17.8 Å². The van der Waals surface area contributed by atoms with E-state index in [1.807, 2.05) is 61.5 Å². The van der Waals surface area contributed by atoms with Gasteiger partial charge in [-0.3, -0.25) is 14.4 Å². The Kier molecular flexibility index (Phi) is 6.72. The SMILES string of the molecule is CCCN(Cc1ccc(Oc2ccccc2)cc1)C(=O)C1CC(C(=O)O)[C@@H]1C(=O)O. The van der Waals surface area contributed by atoms with E-state index < -0.39 is 29.7 Å². The minimum atomic E-state index is -1.23. The largest absolute Gasteiger partial charge is 0.481 e. The summed E-state index contributed by atoms with van der Waals surface area (Å²) < 4.78 is 5.77. The van der Waals surface area contributed by atoms with Crippen molar-refractivity contribution in [2.45, 2.75) is 26.3 Å². The summed E-state index contributed by atoms with van der Waals surface area (Å²) in [5.74, 6) is -4.26. The molecular weight excluding hydrogens is 386 g/mol. The van der Waals surface area contributed by atoms with Crippen LogP contribution in [-0.4, -0.2) is 39.5 Å². The number of carboxylic acids is 2. The molecule has 158 valence electrons. The first-order valence-electron chi connectivity index (χ1n) is 9.97. The Morgan fingerprint density at radius 1 is 0.933 bits per heavy atom. The molecule has 2 unspecified atom stereocenters. The number of amides is 1. The first kappa shape index (κ1) is 21.4. The third-order valence-corrected chi connectivity index (χ3v) is 5.38. The van der Waals surface area contributed by atoms with Crippen LogP contribution in [0.3, 0.4) is 0 Å². The Morgan fingerprint density at radius 2 is 1.57 bits per heavy atom. The van der Waals surface area contributed by atoms with Gasteiger partial charge in [-0.25, -0.2) is 0 Å². The van der Waals surface area contributed by atoms with Crippen molar-refractivity contribution in [1.82, 2.24) is 4.90 Å². The van der Waals surface area contributed by atoms with Gasteiger partial charge in [0.25, 0.3) is 0 Å². The highest BCUT2D eigenvalue weighted by atomic mass is 16.5. The van der Waals surface area contributed by atoms with Crippen LogP contribution in [0.25, 0.3) is 0 Å². The molecule has 1 amide bonds. The molecule has 2 aromatic rings. The number of nitrogens with zero attached hydrogens (tertiary/aromatic N) is 1. The summed E-state index contributed by atoms with van der Waals surface area (Å²) in [6, 6.07) is 16.8. The average Bonchev–Trinajstić information content (AvgIpc) is 2.68. The monoisotopic (exact) mass is 411 g/mol. The highest BCUT2D eigenvalue weighted by Gasteiger charge is 2.54. The van der Waals surface area contributed by atoms with Crippen LogP contribution >= 0.6 is 0 Å². The maximum atomic E-state index is 13.0. The number of aliphatic carboxylic acids is 2. The minimum absolute atomic E-state index is 0.0647. The van der Waals surface area contributed by atoms with Crippen LogP contribution in [0.15, 0.2) is 54.6 Å². The molecule has 0 aliphatic heterocycles. The van der Waals surface area contributed by atoms with E-state index in [1.54, 1.807) is 4.90 Å². The van der Waals surface area contributed by atoms with E-state index in [-0.39, 0.29) is 12.3 Å². The van der Waals surface area contributed by atoms with Crippen molar-refractivity contribution in [2.75, 3.05) is 6.54 Å². The highest BCUT2D eigenvalue weighted by Crippen LogP contribution is 2.42. The molecule has 0 aromatic heterocycles. The Hall–Kier alpha value is -3.35. The normalized spacial score (nSPS) is 20.1. The summed E-state index contributed by atoms with van der Waals surface area (Å²) in [7, 11) is 0. The topological polar surface area (TPSA) is 104 Å². The minimum Gasteiger partial charge on any atom is -0.481 e. The van der Waals surface area contributed by atoms with Gasteiger partial charge in [-0.05, 0) is 42.7 Å². The second kappa shape index (κ2) is 9.43. The molecule has 0 heterocycles. The summed E-state index contributed by atoms with van der Waals surface area (Å²) in [5.41, 5.74) is 0.887. The molecular formula is C23H25NO6. The summed E-state index contributed by atoms with van der Waals surface area (Å²) in [4.78, 5) is 37.3. The number of carbonyl (C=O) groups is 3. The summed E-state index contributed by atoms with van der Waals surface area (Å²) in [6.45, 7) is 2.74. The lowest BCUT2D eigenvalue weighted by molar-refractivity contribution is -0.172. The molecule has 0 bridgehead atoms. The van der Waals surface area contributed by atoms with E-state index in [9.17, 15) is 19.5 Å². The molecule has 2 aromatic carbocycles. The molecule has 3 rings (SSSR count). The van der Waals surface area contributed by atoms with Crippen LogP contribution in [-0.2, 0) is 20.9 Å². The summed E-state index contributed by atoms with van der Waals surface area (Å²) in [6.07, 6.45) is 0.781. The molecule has 7 heteroatoms. The first-order chi connectivity index (χ1) is 14.4. The van der Waals surface area contributed by atoms with Gasteiger partial charge in [-0.15, -0.1) is 0 Å². The lowest BCUT2D eigenvalue weighted by atomic mass is 9.64. The lowest BCUT2D eigenvalue weighted by Crippen LogP contribution is -2.53. The predicted molar refractivity (Wildman–Crippen MR) is 109 cm³/mol. The fourth-order valence-electron chi connectivity index (χ4n) is 3.78. The smallest absolute Gasteiger partial charge is 0.308 e. The number of ether oxygens (including phenoxy) is 1. The van der Waals surface area contributed by atoms with Crippen LogP contribution in [0.1, 0.15) is 25.3 Å². The van der Waals surface area contributed by atoms with Crippen LogP contribution in [0.5, 0.6) is 11.5 Å². The zero-order chi connectivity index (χ0) is 21.7. The van der Waals surface area contributed by atoms with Crippen molar-refractivity contribution < 1.29 is 29.3 Å². The van der Waals surface area contributed by atoms with Gasteiger partial charge in [-0.2, -0.15) is 0 Å². The number of carboxylic acid groups (broad SMARTS) is 2. The Bertz CT molecular complexity index is 896. The van der Waals surface area contributed by atoms with Crippen molar-refractivity contribution in [2.24, 2.45) is 17.8 Å². The van der Waals surface area contributed by atoms with E-state index >= 15 is 0 Å². The zero-order valence-corrected chi connectivity index (χ0v) is 16.7. The summed E-state index contributed by atoms with van der Waals surface area (Å²) >= 11 is 0. The van der Waals surface area contributed by atoms with Gasteiger partial charge >= 0.3 is 11.9 Å². The molecule has 1 saturated carbocycles. The van der Waals surface area contributed by atoms with Gasteiger partial charge in [0.05, 0.1) is 17.8 Å². The Labute approximate surface area is 174 Å². The number of rotatable bonds is 9. The molecule has 1 aliphatic rings. The average molecular weight is 411 g/mol. The van der Waals surface area contributed by atoms with Crippen molar-refractivity contribution in [1.29, 1.82) is 0 Å². The van der Waals surface area contributed by atoms with Crippen LogP contribution < -0.4 is 4.74 Å². The van der Waals surface area contributed by atoms with E-state index in [2.05, 4.69) is 0 Å². The first-order valence-corrected chi connectivity index (χ1v) is 9.97. The van der Waals surface area contributed by atoms with Gasteiger partial charge in [0.15, 0.2) is 0 Å². The van der Waals surface area contributed by atoms with Crippen LogP contribution in [0, 0.1) is 17.8 Å².